The molecule has 88 valence electrons. The fourth-order valence-corrected chi connectivity index (χ4v) is 0.898. The van der Waals surface area contributed by atoms with E-state index in [1.165, 1.54) is 14.2 Å². The lowest BCUT2D eigenvalue weighted by atomic mass is 10.3. The zero-order valence-corrected chi connectivity index (χ0v) is 8.97. The Hall–Kier alpha value is -0.950. The summed E-state index contributed by atoms with van der Waals surface area (Å²) in [7, 11) is 3.00. The molecular formula is C9H16O6. The molecule has 0 saturated heterocycles. The van der Waals surface area contributed by atoms with Gasteiger partial charge in [-0.3, -0.25) is 4.79 Å². The largest absolute Gasteiger partial charge is 0.481 e. The first kappa shape index (κ1) is 14.1. The van der Waals surface area contributed by atoms with Gasteiger partial charge >= 0.3 is 0 Å². The van der Waals surface area contributed by atoms with E-state index in [1.54, 1.807) is 12.2 Å². The van der Waals surface area contributed by atoms with Crippen LogP contribution in [0.15, 0.2) is 12.2 Å². The van der Waals surface area contributed by atoms with E-state index in [9.17, 15) is 0 Å². The maximum atomic E-state index is 9.00. The van der Waals surface area contributed by atoms with E-state index >= 15 is 0 Å². The van der Waals surface area contributed by atoms with Crippen molar-refractivity contribution in [3.05, 3.63) is 12.2 Å². The van der Waals surface area contributed by atoms with Crippen LogP contribution in [-0.2, 0) is 19.0 Å². The summed E-state index contributed by atoms with van der Waals surface area (Å²) in [5, 5.41) is 16.3. The van der Waals surface area contributed by atoms with Crippen molar-refractivity contribution in [1.29, 1.82) is 0 Å². The van der Waals surface area contributed by atoms with Crippen molar-refractivity contribution in [3.63, 3.8) is 0 Å². The molecule has 2 N–H and O–H groups in total. The number of aliphatic hydroxyl groups is 1. The number of methoxy groups -OCH3 is 2. The molecule has 0 amide bonds. The quantitative estimate of drug-likeness (QED) is 0.650. The van der Waals surface area contributed by atoms with Crippen molar-refractivity contribution in [3.8, 4) is 0 Å². The van der Waals surface area contributed by atoms with Crippen LogP contribution in [0.2, 0.25) is 0 Å². The van der Waals surface area contributed by atoms with Crippen molar-refractivity contribution >= 4 is 5.97 Å². The predicted molar refractivity (Wildman–Crippen MR) is 51.2 cm³/mol. The highest BCUT2D eigenvalue weighted by molar-refractivity contribution is 5.62. The number of carboxylic acids is 1. The van der Waals surface area contributed by atoms with Gasteiger partial charge in [0.15, 0.2) is 6.29 Å². The molecule has 6 nitrogen and oxygen atoms in total. The van der Waals surface area contributed by atoms with Crippen molar-refractivity contribution in [2.75, 3.05) is 20.8 Å². The van der Waals surface area contributed by atoms with E-state index in [1.807, 2.05) is 0 Å². The van der Waals surface area contributed by atoms with Gasteiger partial charge in [-0.25, -0.2) is 0 Å². The van der Waals surface area contributed by atoms with Gasteiger partial charge in [0.05, 0.1) is 0 Å². The van der Waals surface area contributed by atoms with Gasteiger partial charge in [0, 0.05) is 21.1 Å². The Labute approximate surface area is 88.1 Å². The first-order valence-corrected chi connectivity index (χ1v) is 4.25. The second-order valence-electron chi connectivity index (χ2n) is 2.77. The number of carbonyl (C=O) groups is 1. The molecule has 0 aromatic carbocycles. The zero-order chi connectivity index (χ0) is 11.9. The minimum absolute atomic E-state index is 0.208. The average molecular weight is 220 g/mol. The van der Waals surface area contributed by atoms with Crippen molar-refractivity contribution in [1.82, 2.24) is 0 Å². The maximum absolute atomic E-state index is 9.00. The molecule has 1 rings (SSSR count). The van der Waals surface area contributed by atoms with E-state index in [0.29, 0.717) is 0 Å². The molecule has 1 aliphatic rings. The Morgan fingerprint density at radius 2 is 2.13 bits per heavy atom. The van der Waals surface area contributed by atoms with E-state index < -0.39 is 18.0 Å². The maximum Gasteiger partial charge on any atom is 0.300 e. The smallest absolute Gasteiger partial charge is 0.300 e. The third-order valence-electron chi connectivity index (χ3n) is 1.62. The molecule has 15 heavy (non-hydrogen) atoms. The lowest BCUT2D eigenvalue weighted by Crippen LogP contribution is -2.36. The number of aliphatic hydroxyl groups excluding tert-OH is 1. The Kier molecular flexibility index (Phi) is 6.11. The Morgan fingerprint density at radius 1 is 1.60 bits per heavy atom. The highest BCUT2D eigenvalue weighted by atomic mass is 16.8. The summed E-state index contributed by atoms with van der Waals surface area (Å²) >= 11 is 0. The molecule has 6 heteroatoms. The SMILES string of the molecule is CC(=O)O.COC1C=CC(CO)(OC)O1. The summed E-state index contributed by atoms with van der Waals surface area (Å²) in [6.07, 6.45) is 2.92. The van der Waals surface area contributed by atoms with Gasteiger partial charge in [-0.1, -0.05) is 0 Å². The van der Waals surface area contributed by atoms with Crippen LogP contribution in [0.25, 0.3) is 0 Å². The van der Waals surface area contributed by atoms with Crippen molar-refractivity contribution in [2.24, 2.45) is 0 Å². The monoisotopic (exact) mass is 220 g/mol. The summed E-state index contributed by atoms with van der Waals surface area (Å²) in [6, 6.07) is 0. The average Bonchev–Trinajstić information content (AvgIpc) is 2.61. The molecule has 0 spiro atoms. The predicted octanol–water partition coefficient (Wildman–Crippen LogP) is -0.0288. The summed E-state index contributed by atoms with van der Waals surface area (Å²) in [5.74, 6) is -1.83. The standard InChI is InChI=1S/C7H12O4.C2H4O2/c1-9-6-3-4-7(5-8,10-2)11-6;1-2(3)4/h3-4,6,8H,5H2,1-2H3;1H3,(H,3,4). The normalized spacial score (nSPS) is 28.4. The lowest BCUT2D eigenvalue weighted by molar-refractivity contribution is -0.255. The van der Waals surface area contributed by atoms with Crippen LogP contribution in [0.1, 0.15) is 6.92 Å². The molecule has 0 bridgehead atoms. The van der Waals surface area contributed by atoms with Crippen LogP contribution in [0, 0.1) is 0 Å². The number of aliphatic carboxylic acids is 1. The summed E-state index contributed by atoms with van der Waals surface area (Å²) in [5.41, 5.74) is 0. The molecule has 2 atom stereocenters. The summed E-state index contributed by atoms with van der Waals surface area (Å²) in [6.45, 7) is 0.875. The number of hydrogen-bond donors (Lipinski definition) is 2. The van der Waals surface area contributed by atoms with Crippen LogP contribution in [0.3, 0.4) is 0 Å². The van der Waals surface area contributed by atoms with Gasteiger partial charge in [0.2, 0.25) is 5.79 Å². The highest BCUT2D eigenvalue weighted by Gasteiger charge is 2.34. The number of carboxylic acid groups (broad SMARTS) is 1. The fraction of sp³-hybridized carbons (Fsp3) is 0.667. The second kappa shape index (κ2) is 6.52. The molecule has 0 aromatic rings. The number of rotatable bonds is 3. The summed E-state index contributed by atoms with van der Waals surface area (Å²) < 4.78 is 15.0. The van der Waals surface area contributed by atoms with E-state index in [4.69, 9.17) is 29.2 Å². The molecule has 0 aromatic heterocycles. The van der Waals surface area contributed by atoms with Crippen LogP contribution < -0.4 is 0 Å². The van der Waals surface area contributed by atoms with Gasteiger partial charge in [-0.2, -0.15) is 0 Å². The molecule has 0 aliphatic carbocycles. The second-order valence-corrected chi connectivity index (χ2v) is 2.77. The Bertz CT molecular complexity index is 217. The minimum atomic E-state index is -0.999. The molecule has 0 fully saturated rings. The van der Waals surface area contributed by atoms with Crippen LogP contribution in [-0.4, -0.2) is 49.1 Å². The van der Waals surface area contributed by atoms with E-state index in [-0.39, 0.29) is 6.61 Å². The third-order valence-corrected chi connectivity index (χ3v) is 1.62. The van der Waals surface area contributed by atoms with E-state index in [0.717, 1.165) is 6.92 Å². The van der Waals surface area contributed by atoms with Crippen LogP contribution >= 0.6 is 0 Å². The molecule has 0 saturated carbocycles. The van der Waals surface area contributed by atoms with Gasteiger partial charge in [-0.15, -0.1) is 0 Å². The topological polar surface area (TPSA) is 85.2 Å². The molecule has 0 radical (unpaired) electrons. The molecular weight excluding hydrogens is 204 g/mol. The van der Waals surface area contributed by atoms with Gasteiger partial charge in [0.1, 0.15) is 6.61 Å². The minimum Gasteiger partial charge on any atom is -0.481 e. The van der Waals surface area contributed by atoms with Crippen LogP contribution in [0.5, 0.6) is 0 Å². The van der Waals surface area contributed by atoms with Crippen molar-refractivity contribution < 1.29 is 29.2 Å². The van der Waals surface area contributed by atoms with Gasteiger partial charge in [-0.05, 0) is 12.2 Å². The fourth-order valence-electron chi connectivity index (χ4n) is 0.898. The lowest BCUT2D eigenvalue weighted by Gasteiger charge is -2.24. The number of ether oxygens (including phenoxy) is 3. The van der Waals surface area contributed by atoms with Crippen molar-refractivity contribution in [2.45, 2.75) is 19.0 Å². The van der Waals surface area contributed by atoms with Gasteiger partial charge < -0.3 is 24.4 Å². The summed E-state index contributed by atoms with van der Waals surface area (Å²) in [4.78, 5) is 9.00. The number of hydrogen-bond acceptors (Lipinski definition) is 5. The van der Waals surface area contributed by atoms with E-state index in [2.05, 4.69) is 0 Å². The highest BCUT2D eigenvalue weighted by Crippen LogP contribution is 2.23. The first-order valence-electron chi connectivity index (χ1n) is 4.25. The van der Waals surface area contributed by atoms with Crippen LogP contribution in [0.4, 0.5) is 0 Å². The third kappa shape index (κ3) is 4.89. The molecule has 1 aliphatic heterocycles. The first-order chi connectivity index (χ1) is 6.99. The zero-order valence-electron chi connectivity index (χ0n) is 8.97. The Morgan fingerprint density at radius 3 is 2.33 bits per heavy atom. The Balaban J connectivity index is 0.000000423. The molecule has 2 unspecified atom stereocenters. The molecule has 1 heterocycles. The van der Waals surface area contributed by atoms with Gasteiger partial charge in [0.25, 0.3) is 5.97 Å².